The summed E-state index contributed by atoms with van der Waals surface area (Å²) >= 11 is 0. The van der Waals surface area contributed by atoms with E-state index in [-0.39, 0.29) is 11.8 Å². The van der Waals surface area contributed by atoms with E-state index in [0.29, 0.717) is 12.0 Å². The standard InChI is InChI=1S/C15H28N2O2/c1-11(2)10-17(12-3-4-12)14-9-15(6-5-13(14)16)18-7-8-19-15/h11-14H,3-10,16H2,1-2H3. The van der Waals surface area contributed by atoms with Crippen molar-refractivity contribution in [1.82, 2.24) is 4.90 Å². The lowest BCUT2D eigenvalue weighted by atomic mass is 9.84. The summed E-state index contributed by atoms with van der Waals surface area (Å²) in [6.45, 7) is 7.23. The summed E-state index contributed by atoms with van der Waals surface area (Å²) in [4.78, 5) is 2.65. The predicted molar refractivity (Wildman–Crippen MR) is 74.8 cm³/mol. The van der Waals surface area contributed by atoms with Gasteiger partial charge in [0, 0.05) is 37.5 Å². The second kappa shape index (κ2) is 5.32. The van der Waals surface area contributed by atoms with Gasteiger partial charge in [0.1, 0.15) is 0 Å². The third kappa shape index (κ3) is 2.97. The fraction of sp³-hybridized carbons (Fsp3) is 1.00. The van der Waals surface area contributed by atoms with E-state index in [1.165, 1.54) is 12.8 Å². The molecule has 0 bridgehead atoms. The molecule has 1 spiro atoms. The maximum atomic E-state index is 6.42. The average molecular weight is 268 g/mol. The van der Waals surface area contributed by atoms with Gasteiger partial charge in [-0.1, -0.05) is 13.8 Å². The minimum absolute atomic E-state index is 0.276. The maximum absolute atomic E-state index is 6.42. The Hall–Kier alpha value is -0.160. The van der Waals surface area contributed by atoms with Crippen molar-refractivity contribution in [3.8, 4) is 0 Å². The first-order valence-electron chi connectivity index (χ1n) is 7.89. The number of hydrogen-bond donors (Lipinski definition) is 1. The second-order valence-corrected chi connectivity index (χ2v) is 6.90. The third-order valence-corrected chi connectivity index (χ3v) is 4.70. The zero-order valence-electron chi connectivity index (χ0n) is 12.3. The van der Waals surface area contributed by atoms with E-state index >= 15 is 0 Å². The largest absolute Gasteiger partial charge is 0.347 e. The molecule has 2 unspecified atom stereocenters. The lowest BCUT2D eigenvalue weighted by Crippen LogP contribution is -2.57. The van der Waals surface area contributed by atoms with Crippen molar-refractivity contribution >= 4 is 0 Å². The predicted octanol–water partition coefficient (Wildman–Crippen LogP) is 1.73. The highest BCUT2D eigenvalue weighted by Crippen LogP contribution is 2.40. The van der Waals surface area contributed by atoms with Gasteiger partial charge in [0.15, 0.2) is 5.79 Å². The van der Waals surface area contributed by atoms with Crippen LogP contribution in [0, 0.1) is 5.92 Å². The average Bonchev–Trinajstić information content (AvgIpc) is 3.11. The molecule has 2 saturated carbocycles. The molecule has 1 aliphatic heterocycles. The van der Waals surface area contributed by atoms with E-state index in [0.717, 1.165) is 45.1 Å². The Morgan fingerprint density at radius 1 is 1.21 bits per heavy atom. The summed E-state index contributed by atoms with van der Waals surface area (Å²) < 4.78 is 11.8. The molecule has 0 radical (unpaired) electrons. The van der Waals surface area contributed by atoms with E-state index in [2.05, 4.69) is 18.7 Å². The first kappa shape index (κ1) is 13.8. The van der Waals surface area contributed by atoms with Gasteiger partial charge in [-0.25, -0.2) is 0 Å². The molecule has 0 aromatic heterocycles. The van der Waals surface area contributed by atoms with Crippen LogP contribution in [-0.4, -0.2) is 48.6 Å². The van der Waals surface area contributed by atoms with Crippen LogP contribution in [0.15, 0.2) is 0 Å². The number of nitrogens with two attached hydrogens (primary N) is 1. The van der Waals surface area contributed by atoms with Gasteiger partial charge in [-0.3, -0.25) is 4.90 Å². The Labute approximate surface area is 116 Å². The van der Waals surface area contributed by atoms with Gasteiger partial charge in [0.2, 0.25) is 0 Å². The molecular formula is C15H28N2O2. The molecule has 0 aromatic rings. The zero-order valence-corrected chi connectivity index (χ0v) is 12.3. The van der Waals surface area contributed by atoms with E-state index in [1.807, 2.05) is 0 Å². The smallest absolute Gasteiger partial charge is 0.170 e. The van der Waals surface area contributed by atoms with E-state index < -0.39 is 0 Å². The van der Waals surface area contributed by atoms with Gasteiger partial charge in [-0.15, -0.1) is 0 Å². The highest BCUT2D eigenvalue weighted by Gasteiger charge is 2.48. The van der Waals surface area contributed by atoms with Gasteiger partial charge < -0.3 is 15.2 Å². The van der Waals surface area contributed by atoms with Crippen molar-refractivity contribution in [2.45, 2.75) is 69.9 Å². The quantitative estimate of drug-likeness (QED) is 0.843. The highest BCUT2D eigenvalue weighted by molar-refractivity contribution is 4.99. The summed E-state index contributed by atoms with van der Waals surface area (Å²) in [5.41, 5.74) is 6.42. The van der Waals surface area contributed by atoms with Gasteiger partial charge >= 0.3 is 0 Å². The SMILES string of the molecule is CC(C)CN(C1CC1)C1CC2(CCC1N)OCCO2. The zero-order chi connectivity index (χ0) is 13.5. The van der Waals surface area contributed by atoms with Gasteiger partial charge in [-0.05, 0) is 25.2 Å². The van der Waals surface area contributed by atoms with Crippen LogP contribution >= 0.6 is 0 Å². The van der Waals surface area contributed by atoms with Crippen molar-refractivity contribution in [1.29, 1.82) is 0 Å². The van der Waals surface area contributed by atoms with Crippen molar-refractivity contribution in [2.24, 2.45) is 11.7 Å². The molecule has 1 saturated heterocycles. The topological polar surface area (TPSA) is 47.7 Å². The molecule has 1 heterocycles. The van der Waals surface area contributed by atoms with Gasteiger partial charge in [-0.2, -0.15) is 0 Å². The third-order valence-electron chi connectivity index (χ3n) is 4.70. The minimum atomic E-state index is -0.315. The van der Waals surface area contributed by atoms with Crippen LogP contribution in [0.2, 0.25) is 0 Å². The molecule has 0 aromatic carbocycles. The molecule has 4 heteroatoms. The number of hydrogen-bond acceptors (Lipinski definition) is 4. The first-order chi connectivity index (χ1) is 9.10. The molecule has 2 aliphatic carbocycles. The van der Waals surface area contributed by atoms with Gasteiger partial charge in [0.05, 0.1) is 13.2 Å². The van der Waals surface area contributed by atoms with Crippen molar-refractivity contribution in [3.05, 3.63) is 0 Å². The van der Waals surface area contributed by atoms with Crippen LogP contribution in [-0.2, 0) is 9.47 Å². The molecule has 2 N–H and O–H groups in total. The Morgan fingerprint density at radius 3 is 2.47 bits per heavy atom. The van der Waals surface area contributed by atoms with Crippen molar-refractivity contribution in [2.75, 3.05) is 19.8 Å². The summed E-state index contributed by atoms with van der Waals surface area (Å²) in [6, 6.07) is 1.47. The van der Waals surface area contributed by atoms with E-state index in [4.69, 9.17) is 15.2 Å². The Bertz CT molecular complexity index is 311. The number of nitrogens with zero attached hydrogens (tertiary/aromatic N) is 1. The summed E-state index contributed by atoms with van der Waals surface area (Å²) in [7, 11) is 0. The molecule has 3 aliphatic rings. The molecule has 4 nitrogen and oxygen atoms in total. The monoisotopic (exact) mass is 268 g/mol. The van der Waals surface area contributed by atoms with Gasteiger partial charge in [0.25, 0.3) is 0 Å². The molecule has 19 heavy (non-hydrogen) atoms. The summed E-state index contributed by atoms with van der Waals surface area (Å²) in [6.07, 6.45) is 5.61. The minimum Gasteiger partial charge on any atom is -0.347 e. The van der Waals surface area contributed by atoms with Crippen LogP contribution in [0.4, 0.5) is 0 Å². The maximum Gasteiger partial charge on any atom is 0.170 e. The van der Waals surface area contributed by atoms with Crippen LogP contribution in [0.25, 0.3) is 0 Å². The normalized spacial score (nSPS) is 34.6. The van der Waals surface area contributed by atoms with Crippen molar-refractivity contribution in [3.63, 3.8) is 0 Å². The molecule has 3 fully saturated rings. The lowest BCUT2D eigenvalue weighted by Gasteiger charge is -2.45. The first-order valence-corrected chi connectivity index (χ1v) is 7.89. The number of rotatable bonds is 4. The molecule has 2 atom stereocenters. The molecule has 0 amide bonds. The molecular weight excluding hydrogens is 240 g/mol. The fourth-order valence-electron chi connectivity index (χ4n) is 3.66. The Morgan fingerprint density at radius 2 is 1.89 bits per heavy atom. The number of ether oxygens (including phenoxy) is 2. The fourth-order valence-corrected chi connectivity index (χ4v) is 3.66. The van der Waals surface area contributed by atoms with Crippen molar-refractivity contribution < 1.29 is 9.47 Å². The summed E-state index contributed by atoms with van der Waals surface area (Å²) in [5.74, 6) is 0.376. The lowest BCUT2D eigenvalue weighted by molar-refractivity contribution is -0.192. The van der Waals surface area contributed by atoms with Crippen LogP contribution < -0.4 is 5.73 Å². The Kier molecular flexibility index (Phi) is 3.87. The van der Waals surface area contributed by atoms with Crippen LogP contribution in [0.3, 0.4) is 0 Å². The van der Waals surface area contributed by atoms with E-state index in [1.54, 1.807) is 0 Å². The summed E-state index contributed by atoms with van der Waals surface area (Å²) in [5, 5.41) is 0. The molecule has 110 valence electrons. The second-order valence-electron chi connectivity index (χ2n) is 6.90. The highest BCUT2D eigenvalue weighted by atomic mass is 16.7. The molecule has 3 rings (SSSR count). The van der Waals surface area contributed by atoms with Crippen LogP contribution in [0.1, 0.15) is 46.0 Å². The van der Waals surface area contributed by atoms with Crippen LogP contribution in [0.5, 0.6) is 0 Å². The Balaban J connectivity index is 1.71. The van der Waals surface area contributed by atoms with E-state index in [9.17, 15) is 0 Å².